The highest BCUT2D eigenvalue weighted by molar-refractivity contribution is 5.76. The van der Waals surface area contributed by atoms with E-state index in [4.69, 9.17) is 9.47 Å². The molecule has 27 heavy (non-hydrogen) atoms. The lowest BCUT2D eigenvalue weighted by molar-refractivity contribution is -0.133. The lowest BCUT2D eigenvalue weighted by Gasteiger charge is -2.35. The van der Waals surface area contributed by atoms with Gasteiger partial charge in [-0.3, -0.25) is 9.69 Å². The summed E-state index contributed by atoms with van der Waals surface area (Å²) in [5, 5.41) is 3.39. The molecule has 0 spiro atoms. The Labute approximate surface area is 162 Å². The predicted octanol–water partition coefficient (Wildman–Crippen LogP) is 2.13. The van der Waals surface area contributed by atoms with Crippen molar-refractivity contribution in [1.29, 1.82) is 0 Å². The molecule has 2 aliphatic rings. The van der Waals surface area contributed by atoms with Crippen molar-refractivity contribution in [3.05, 3.63) is 23.8 Å². The van der Waals surface area contributed by atoms with Crippen LogP contribution in [0.15, 0.2) is 18.2 Å². The highest BCUT2D eigenvalue weighted by atomic mass is 16.5. The molecule has 150 valence electrons. The number of piperazine rings is 1. The quantitative estimate of drug-likeness (QED) is 0.791. The first-order valence-electron chi connectivity index (χ1n) is 10.1. The molecule has 6 heteroatoms. The number of hydrogen-bond acceptors (Lipinski definition) is 5. The summed E-state index contributed by atoms with van der Waals surface area (Å²) in [5.74, 6) is 2.78. The fraction of sp³-hybridized carbons (Fsp3) is 0.667. The molecule has 0 bridgehead atoms. The van der Waals surface area contributed by atoms with Crippen LogP contribution in [0.3, 0.4) is 0 Å². The van der Waals surface area contributed by atoms with Gasteiger partial charge in [0.25, 0.3) is 0 Å². The van der Waals surface area contributed by atoms with Gasteiger partial charge in [-0.15, -0.1) is 0 Å². The van der Waals surface area contributed by atoms with E-state index in [-0.39, 0.29) is 0 Å². The Morgan fingerprint density at radius 3 is 2.52 bits per heavy atom. The molecule has 0 saturated carbocycles. The summed E-state index contributed by atoms with van der Waals surface area (Å²) in [5.41, 5.74) is 1.13. The van der Waals surface area contributed by atoms with Crippen molar-refractivity contribution in [1.82, 2.24) is 15.1 Å². The molecule has 0 aromatic heterocycles. The Kier molecular flexibility index (Phi) is 7.35. The number of piperidine rings is 1. The minimum Gasteiger partial charge on any atom is -0.497 e. The number of amides is 1. The van der Waals surface area contributed by atoms with Gasteiger partial charge in [0.1, 0.15) is 11.5 Å². The van der Waals surface area contributed by atoms with E-state index >= 15 is 0 Å². The maximum Gasteiger partial charge on any atom is 0.222 e. The van der Waals surface area contributed by atoms with Gasteiger partial charge < -0.3 is 19.7 Å². The second-order valence-electron chi connectivity index (χ2n) is 7.57. The number of nitrogens with zero attached hydrogens (tertiary/aromatic N) is 2. The topological polar surface area (TPSA) is 54.0 Å². The Hall–Kier alpha value is -1.79. The van der Waals surface area contributed by atoms with Crippen molar-refractivity contribution in [2.75, 3.05) is 53.5 Å². The molecule has 0 unspecified atom stereocenters. The summed E-state index contributed by atoms with van der Waals surface area (Å²) >= 11 is 0. The zero-order valence-electron chi connectivity index (χ0n) is 16.7. The summed E-state index contributed by atoms with van der Waals surface area (Å²) < 4.78 is 10.8. The molecule has 1 N–H and O–H groups in total. The van der Waals surface area contributed by atoms with Crippen LogP contribution in [0.25, 0.3) is 0 Å². The zero-order valence-corrected chi connectivity index (χ0v) is 16.7. The van der Waals surface area contributed by atoms with Crippen LogP contribution in [0.5, 0.6) is 11.5 Å². The highest BCUT2D eigenvalue weighted by Gasteiger charge is 2.23. The Bertz CT molecular complexity index is 609. The molecule has 2 aliphatic heterocycles. The van der Waals surface area contributed by atoms with Gasteiger partial charge in [0.05, 0.1) is 14.2 Å². The van der Waals surface area contributed by atoms with Gasteiger partial charge in [-0.1, -0.05) is 0 Å². The van der Waals surface area contributed by atoms with E-state index in [0.29, 0.717) is 12.3 Å². The predicted molar refractivity (Wildman–Crippen MR) is 106 cm³/mol. The van der Waals surface area contributed by atoms with E-state index in [1.54, 1.807) is 14.2 Å². The molecule has 0 aliphatic carbocycles. The van der Waals surface area contributed by atoms with Crippen LogP contribution in [0, 0.1) is 5.92 Å². The Morgan fingerprint density at radius 1 is 1.11 bits per heavy atom. The largest absolute Gasteiger partial charge is 0.497 e. The fourth-order valence-electron chi connectivity index (χ4n) is 4.06. The first kappa shape index (κ1) is 20.0. The SMILES string of the molecule is COc1ccc(OC)c(CN2CCN(C(=O)CCC3CCNCC3)CC2)c1. The third kappa shape index (κ3) is 5.59. The van der Waals surface area contributed by atoms with E-state index in [0.717, 1.165) is 75.2 Å². The third-order valence-corrected chi connectivity index (χ3v) is 5.83. The Balaban J connectivity index is 1.45. The van der Waals surface area contributed by atoms with Crippen LogP contribution < -0.4 is 14.8 Å². The van der Waals surface area contributed by atoms with E-state index in [9.17, 15) is 4.79 Å². The molecule has 2 saturated heterocycles. The lowest BCUT2D eigenvalue weighted by Crippen LogP contribution is -2.48. The van der Waals surface area contributed by atoms with Crippen LogP contribution in [0.2, 0.25) is 0 Å². The second kappa shape index (κ2) is 9.95. The van der Waals surface area contributed by atoms with E-state index < -0.39 is 0 Å². The number of rotatable bonds is 7. The van der Waals surface area contributed by atoms with Gasteiger partial charge >= 0.3 is 0 Å². The Morgan fingerprint density at radius 2 is 1.85 bits per heavy atom. The number of carbonyl (C=O) groups is 1. The zero-order chi connectivity index (χ0) is 19.1. The van der Waals surface area contributed by atoms with Crippen molar-refractivity contribution < 1.29 is 14.3 Å². The molecule has 6 nitrogen and oxygen atoms in total. The number of methoxy groups -OCH3 is 2. The van der Waals surface area contributed by atoms with Gasteiger partial charge in [0.15, 0.2) is 0 Å². The number of benzene rings is 1. The van der Waals surface area contributed by atoms with Crippen molar-refractivity contribution >= 4 is 5.91 Å². The van der Waals surface area contributed by atoms with Crippen molar-refractivity contribution in [3.63, 3.8) is 0 Å². The van der Waals surface area contributed by atoms with E-state index in [1.165, 1.54) is 12.8 Å². The summed E-state index contributed by atoms with van der Waals surface area (Å²) in [4.78, 5) is 17.0. The summed E-state index contributed by atoms with van der Waals surface area (Å²) in [6.07, 6.45) is 4.17. The lowest BCUT2D eigenvalue weighted by atomic mass is 9.93. The summed E-state index contributed by atoms with van der Waals surface area (Å²) in [6, 6.07) is 5.91. The molecular formula is C21H33N3O3. The number of ether oxygens (including phenoxy) is 2. The first-order valence-corrected chi connectivity index (χ1v) is 10.1. The molecule has 1 amide bonds. The molecule has 2 heterocycles. The van der Waals surface area contributed by atoms with Crippen molar-refractivity contribution in [2.45, 2.75) is 32.2 Å². The minimum absolute atomic E-state index is 0.326. The average molecular weight is 376 g/mol. The number of nitrogens with one attached hydrogen (secondary N) is 1. The van der Waals surface area contributed by atoms with Crippen LogP contribution in [-0.4, -0.2) is 69.2 Å². The van der Waals surface area contributed by atoms with Gasteiger partial charge in [-0.05, 0) is 56.5 Å². The fourth-order valence-corrected chi connectivity index (χ4v) is 4.06. The second-order valence-corrected chi connectivity index (χ2v) is 7.57. The van der Waals surface area contributed by atoms with Gasteiger partial charge in [-0.2, -0.15) is 0 Å². The van der Waals surface area contributed by atoms with Crippen LogP contribution in [0.1, 0.15) is 31.2 Å². The first-order chi connectivity index (χ1) is 13.2. The van der Waals surface area contributed by atoms with Crippen LogP contribution in [0.4, 0.5) is 0 Å². The van der Waals surface area contributed by atoms with Gasteiger partial charge in [-0.25, -0.2) is 0 Å². The van der Waals surface area contributed by atoms with Gasteiger partial charge in [0.2, 0.25) is 5.91 Å². The molecule has 2 fully saturated rings. The van der Waals surface area contributed by atoms with Crippen molar-refractivity contribution in [2.24, 2.45) is 5.92 Å². The van der Waals surface area contributed by atoms with Crippen LogP contribution >= 0.6 is 0 Å². The van der Waals surface area contributed by atoms with E-state index in [2.05, 4.69) is 10.2 Å². The smallest absolute Gasteiger partial charge is 0.222 e. The van der Waals surface area contributed by atoms with Crippen LogP contribution in [-0.2, 0) is 11.3 Å². The average Bonchev–Trinajstić information content (AvgIpc) is 2.73. The number of carbonyl (C=O) groups excluding carboxylic acids is 1. The summed E-state index contributed by atoms with van der Waals surface area (Å²) in [7, 11) is 3.38. The molecule has 1 aromatic carbocycles. The van der Waals surface area contributed by atoms with Gasteiger partial charge in [0, 0.05) is 44.7 Å². The normalized spacial score (nSPS) is 19.1. The van der Waals surface area contributed by atoms with E-state index in [1.807, 2.05) is 23.1 Å². The number of hydrogen-bond donors (Lipinski definition) is 1. The molecular weight excluding hydrogens is 342 g/mol. The molecule has 0 radical (unpaired) electrons. The molecule has 1 aromatic rings. The maximum absolute atomic E-state index is 12.5. The highest BCUT2D eigenvalue weighted by Crippen LogP contribution is 2.26. The monoisotopic (exact) mass is 375 g/mol. The maximum atomic E-state index is 12.5. The third-order valence-electron chi connectivity index (χ3n) is 5.83. The minimum atomic E-state index is 0.326. The standard InChI is InChI=1S/C21H33N3O3/c1-26-19-4-5-20(27-2)18(15-19)16-23-11-13-24(14-12-23)21(25)6-3-17-7-9-22-10-8-17/h4-5,15,17,22H,3,6-14,16H2,1-2H3. The summed E-state index contributed by atoms with van der Waals surface area (Å²) in [6.45, 7) is 6.46. The van der Waals surface area contributed by atoms with Crippen molar-refractivity contribution in [3.8, 4) is 11.5 Å². The molecule has 0 atom stereocenters. The molecule has 3 rings (SSSR count).